The van der Waals surface area contributed by atoms with E-state index >= 15 is 0 Å². The van der Waals surface area contributed by atoms with E-state index in [0.717, 1.165) is 51.6 Å². The maximum atomic E-state index is 10.1. The molecule has 0 aromatic heterocycles. The molecule has 0 amide bonds. The molecule has 0 aromatic carbocycles. The number of nitrogens with one attached hydrogen (secondary N) is 1. The lowest BCUT2D eigenvalue weighted by Gasteiger charge is -1.98. The molecule has 0 heterocycles. The second-order valence-corrected chi connectivity index (χ2v) is 4.37. The van der Waals surface area contributed by atoms with Crippen LogP contribution in [0.4, 0.5) is 0 Å². The van der Waals surface area contributed by atoms with Crippen molar-refractivity contribution < 1.29 is 19.8 Å². The Morgan fingerprint density at radius 3 is 1.26 bits per heavy atom. The summed E-state index contributed by atoms with van der Waals surface area (Å²) in [5, 5.41) is 19.8. The number of carboxylic acid groups (broad SMARTS) is 2. The van der Waals surface area contributed by atoms with Gasteiger partial charge in [-0.05, 0) is 25.9 Å². The summed E-state index contributed by atoms with van der Waals surface area (Å²) in [5.74, 6) is -1.48. The molecule has 0 unspecified atom stereocenters. The summed E-state index contributed by atoms with van der Waals surface area (Å²) in [7, 11) is 0. The van der Waals surface area contributed by atoms with E-state index in [4.69, 9.17) is 10.2 Å². The van der Waals surface area contributed by atoms with Crippen LogP contribution in [0.2, 0.25) is 0 Å². The van der Waals surface area contributed by atoms with Gasteiger partial charge >= 0.3 is 11.9 Å². The first-order chi connectivity index (χ1) is 9.04. The monoisotopic (exact) mass is 275 g/mol. The van der Waals surface area contributed by atoms with Gasteiger partial charge in [0.1, 0.15) is 0 Å². The lowest BCUT2D eigenvalue weighted by atomic mass is 10.1. The quantitative estimate of drug-likeness (QED) is 0.505. The van der Waals surface area contributed by atoms with Crippen LogP contribution in [0.1, 0.15) is 65.2 Å². The van der Waals surface area contributed by atoms with Crippen molar-refractivity contribution in [2.24, 2.45) is 0 Å². The van der Waals surface area contributed by atoms with E-state index in [1.807, 2.05) is 0 Å². The molecule has 0 saturated heterocycles. The standard InChI is InChI=1S/C10H18O4.C4H11N/c11-9(12)7-5-3-1-2-4-6-8-10(13)14;1-3-5-4-2/h1-8H2,(H,11,12)(H,13,14);5H,3-4H2,1-2H3. The summed E-state index contributed by atoms with van der Waals surface area (Å²) in [6.45, 7) is 6.39. The zero-order valence-electron chi connectivity index (χ0n) is 12.3. The van der Waals surface area contributed by atoms with Crippen LogP contribution in [0.3, 0.4) is 0 Å². The minimum atomic E-state index is -0.740. The Kier molecular flexibility index (Phi) is 18.0. The first-order valence-electron chi connectivity index (χ1n) is 7.18. The lowest BCUT2D eigenvalue weighted by molar-refractivity contribution is -0.138. The Balaban J connectivity index is 0. The fraction of sp³-hybridized carbons (Fsp3) is 0.857. The Morgan fingerprint density at radius 1 is 0.737 bits per heavy atom. The van der Waals surface area contributed by atoms with Crippen LogP contribution in [0, 0.1) is 0 Å². The van der Waals surface area contributed by atoms with Gasteiger partial charge in [-0.15, -0.1) is 0 Å². The molecule has 0 atom stereocenters. The van der Waals surface area contributed by atoms with Gasteiger partial charge in [-0.2, -0.15) is 0 Å². The molecule has 0 aliphatic rings. The van der Waals surface area contributed by atoms with Gasteiger partial charge < -0.3 is 15.5 Å². The predicted octanol–water partition coefficient (Wildman–Crippen LogP) is 2.89. The van der Waals surface area contributed by atoms with Gasteiger partial charge in [-0.3, -0.25) is 9.59 Å². The molecule has 19 heavy (non-hydrogen) atoms. The third kappa shape index (κ3) is 26.5. The number of carboxylic acids is 2. The minimum Gasteiger partial charge on any atom is -0.481 e. The summed E-state index contributed by atoms with van der Waals surface area (Å²) < 4.78 is 0. The molecule has 0 aliphatic heterocycles. The Hall–Kier alpha value is -1.10. The molecular formula is C14H29NO4. The predicted molar refractivity (Wildman–Crippen MR) is 76.4 cm³/mol. The maximum Gasteiger partial charge on any atom is 0.303 e. The number of aliphatic carboxylic acids is 2. The van der Waals surface area contributed by atoms with Gasteiger partial charge in [-0.25, -0.2) is 0 Å². The number of hydrogen-bond donors (Lipinski definition) is 3. The number of unbranched alkanes of at least 4 members (excludes halogenated alkanes) is 5. The third-order valence-corrected chi connectivity index (χ3v) is 2.53. The van der Waals surface area contributed by atoms with Crippen LogP contribution >= 0.6 is 0 Å². The largest absolute Gasteiger partial charge is 0.481 e. The van der Waals surface area contributed by atoms with Crippen LogP contribution < -0.4 is 5.32 Å². The van der Waals surface area contributed by atoms with E-state index in [1.54, 1.807) is 0 Å². The Bertz CT molecular complexity index is 197. The molecule has 0 bridgehead atoms. The van der Waals surface area contributed by atoms with Gasteiger partial charge in [-0.1, -0.05) is 39.5 Å². The van der Waals surface area contributed by atoms with Crippen molar-refractivity contribution in [3.05, 3.63) is 0 Å². The first-order valence-corrected chi connectivity index (χ1v) is 7.18. The maximum absolute atomic E-state index is 10.1. The molecule has 3 N–H and O–H groups in total. The van der Waals surface area contributed by atoms with Gasteiger partial charge in [0.05, 0.1) is 0 Å². The highest BCUT2D eigenvalue weighted by atomic mass is 16.4. The fourth-order valence-electron chi connectivity index (χ4n) is 1.51. The highest BCUT2D eigenvalue weighted by molar-refractivity contribution is 5.66. The Morgan fingerprint density at radius 2 is 1.05 bits per heavy atom. The molecule has 0 fully saturated rings. The van der Waals surface area contributed by atoms with Crippen molar-refractivity contribution in [1.29, 1.82) is 0 Å². The van der Waals surface area contributed by atoms with Gasteiger partial charge in [0.2, 0.25) is 0 Å². The highest BCUT2D eigenvalue weighted by Crippen LogP contribution is 2.08. The molecule has 5 heteroatoms. The summed E-state index contributed by atoms with van der Waals surface area (Å²) in [6, 6.07) is 0. The van der Waals surface area contributed by atoms with Crippen LogP contribution in [-0.4, -0.2) is 35.2 Å². The van der Waals surface area contributed by atoms with Crippen molar-refractivity contribution in [3.8, 4) is 0 Å². The summed E-state index contributed by atoms with van der Waals surface area (Å²) in [5.41, 5.74) is 0. The highest BCUT2D eigenvalue weighted by Gasteiger charge is 1.98. The van der Waals surface area contributed by atoms with E-state index in [-0.39, 0.29) is 12.8 Å². The van der Waals surface area contributed by atoms with Crippen molar-refractivity contribution in [2.75, 3.05) is 13.1 Å². The zero-order valence-corrected chi connectivity index (χ0v) is 12.3. The summed E-state index contributed by atoms with van der Waals surface area (Å²) >= 11 is 0. The van der Waals surface area contributed by atoms with Crippen molar-refractivity contribution in [1.82, 2.24) is 5.32 Å². The van der Waals surface area contributed by atoms with Crippen LogP contribution in [0.25, 0.3) is 0 Å². The number of rotatable bonds is 11. The van der Waals surface area contributed by atoms with Gasteiger partial charge in [0, 0.05) is 12.8 Å². The number of carbonyl (C=O) groups is 2. The molecule has 0 rings (SSSR count). The van der Waals surface area contributed by atoms with Gasteiger partial charge in [0.15, 0.2) is 0 Å². The molecule has 0 aliphatic carbocycles. The molecule has 0 aromatic rings. The summed E-state index contributed by atoms with van der Waals surface area (Å²) in [6.07, 6.45) is 5.82. The van der Waals surface area contributed by atoms with Crippen LogP contribution in [-0.2, 0) is 9.59 Å². The molecular weight excluding hydrogens is 246 g/mol. The third-order valence-electron chi connectivity index (χ3n) is 2.53. The minimum absolute atomic E-state index is 0.245. The molecule has 0 spiro atoms. The second kappa shape index (κ2) is 16.9. The van der Waals surface area contributed by atoms with E-state index in [9.17, 15) is 9.59 Å². The topological polar surface area (TPSA) is 86.6 Å². The lowest BCUT2D eigenvalue weighted by Crippen LogP contribution is -2.09. The SMILES string of the molecule is CCNCC.O=C(O)CCCCCCCCC(=O)O. The zero-order chi connectivity index (χ0) is 14.9. The molecule has 0 radical (unpaired) electrons. The average molecular weight is 275 g/mol. The van der Waals surface area contributed by atoms with E-state index in [2.05, 4.69) is 19.2 Å². The van der Waals surface area contributed by atoms with Crippen molar-refractivity contribution >= 4 is 11.9 Å². The summed E-state index contributed by atoms with van der Waals surface area (Å²) in [4.78, 5) is 20.3. The fourth-order valence-corrected chi connectivity index (χ4v) is 1.51. The van der Waals surface area contributed by atoms with E-state index in [1.165, 1.54) is 0 Å². The average Bonchev–Trinajstić information content (AvgIpc) is 2.33. The Labute approximate surface area is 116 Å². The number of hydrogen-bond acceptors (Lipinski definition) is 3. The van der Waals surface area contributed by atoms with Crippen LogP contribution in [0.15, 0.2) is 0 Å². The van der Waals surface area contributed by atoms with E-state index in [0.29, 0.717) is 0 Å². The smallest absolute Gasteiger partial charge is 0.303 e. The van der Waals surface area contributed by atoms with Crippen molar-refractivity contribution in [3.63, 3.8) is 0 Å². The van der Waals surface area contributed by atoms with Crippen molar-refractivity contribution in [2.45, 2.75) is 65.2 Å². The molecule has 5 nitrogen and oxygen atoms in total. The molecule has 114 valence electrons. The van der Waals surface area contributed by atoms with E-state index < -0.39 is 11.9 Å². The normalized spacial score (nSPS) is 9.58. The first kappa shape index (κ1) is 20.2. The van der Waals surface area contributed by atoms with Crippen LogP contribution in [0.5, 0.6) is 0 Å². The second-order valence-electron chi connectivity index (χ2n) is 4.37. The molecule has 0 saturated carbocycles. The van der Waals surface area contributed by atoms with Gasteiger partial charge in [0.25, 0.3) is 0 Å².